The van der Waals surface area contributed by atoms with E-state index in [2.05, 4.69) is 8.75 Å². The first kappa shape index (κ1) is 27.5. The summed E-state index contributed by atoms with van der Waals surface area (Å²) in [5.74, 6) is -0.750. The molecule has 2 heterocycles. The average molecular weight is 549 g/mol. The minimum atomic E-state index is -1.79. The van der Waals surface area contributed by atoms with Crippen molar-refractivity contribution < 1.29 is 24.2 Å². The van der Waals surface area contributed by atoms with Crippen molar-refractivity contribution in [3.8, 4) is 5.75 Å². The number of fused-ring (bicyclic) bond motifs is 1. The van der Waals surface area contributed by atoms with Crippen LogP contribution in [0.4, 0.5) is 0 Å². The quantitative estimate of drug-likeness (QED) is 0.263. The zero-order valence-corrected chi connectivity index (χ0v) is 23.4. The summed E-state index contributed by atoms with van der Waals surface area (Å²) in [5.41, 5.74) is 3.84. The fraction of sp³-hybridized carbons (Fsp3) is 0.484. The number of aliphatic hydroxyl groups is 1. The lowest BCUT2D eigenvalue weighted by atomic mass is 9.85. The number of aromatic nitrogens is 2. The number of cyclic esters (lactones) is 1. The third kappa shape index (κ3) is 6.07. The van der Waals surface area contributed by atoms with Crippen molar-refractivity contribution in [2.24, 2.45) is 11.8 Å². The maximum absolute atomic E-state index is 13.1. The van der Waals surface area contributed by atoms with Gasteiger partial charge in [-0.3, -0.25) is 0 Å². The predicted octanol–water partition coefficient (Wildman–Crippen LogP) is 6.59. The molecule has 0 amide bonds. The van der Waals surface area contributed by atoms with E-state index in [1.807, 2.05) is 32.0 Å². The number of esters is 1. The highest BCUT2D eigenvalue weighted by Gasteiger charge is 2.48. The molecule has 2 aliphatic carbocycles. The molecule has 1 unspecified atom stereocenters. The van der Waals surface area contributed by atoms with Crippen molar-refractivity contribution in [1.82, 2.24) is 8.75 Å². The molecule has 3 aliphatic rings. The van der Waals surface area contributed by atoms with Gasteiger partial charge in [0.25, 0.3) is 5.79 Å². The zero-order chi connectivity index (χ0) is 27.4. The standard InChI is InChI=1S/C25H26N2O4S.C6H10O/c1-15(2)30-19-10-8-18(9-11-19)25(29)20(13-16-5-3-4-6-16)23(24(28)31-25)17-7-12-21-22(14-17)27-32-26-21;7-5-6-3-1-2-4-6/h7-12,14-16,29H,3-6,13H2,1-2H3;5-6H,1-4H2. The summed E-state index contributed by atoms with van der Waals surface area (Å²) in [6.07, 6.45) is 11.1. The smallest absolute Gasteiger partial charge is 0.341 e. The van der Waals surface area contributed by atoms with Gasteiger partial charge in [-0.15, -0.1) is 0 Å². The fourth-order valence-corrected chi connectivity index (χ4v) is 6.39. The molecule has 2 fully saturated rings. The van der Waals surface area contributed by atoms with E-state index < -0.39 is 11.8 Å². The van der Waals surface area contributed by atoms with Crippen LogP contribution in [0.1, 0.15) is 82.8 Å². The second-order valence-corrected chi connectivity index (χ2v) is 11.6. The number of rotatable bonds is 7. The Morgan fingerprint density at radius 1 is 1.03 bits per heavy atom. The number of ether oxygens (including phenoxy) is 2. The lowest BCUT2D eigenvalue weighted by molar-refractivity contribution is -0.185. The molecular formula is C31H36N2O5S. The number of hydrogen-bond donors (Lipinski definition) is 1. The lowest BCUT2D eigenvalue weighted by Gasteiger charge is -2.27. The van der Waals surface area contributed by atoms with Gasteiger partial charge in [0.15, 0.2) is 0 Å². The highest BCUT2D eigenvalue weighted by molar-refractivity contribution is 7.00. The molecule has 206 valence electrons. The fourth-order valence-electron chi connectivity index (χ4n) is 5.87. The summed E-state index contributed by atoms with van der Waals surface area (Å²) in [5, 5.41) is 11.8. The first-order valence-electron chi connectivity index (χ1n) is 14.0. The van der Waals surface area contributed by atoms with Crippen molar-refractivity contribution in [3.05, 3.63) is 59.2 Å². The van der Waals surface area contributed by atoms with Gasteiger partial charge in [-0.25, -0.2) is 4.79 Å². The van der Waals surface area contributed by atoms with Crippen LogP contribution in [0.2, 0.25) is 0 Å². The van der Waals surface area contributed by atoms with Crippen LogP contribution in [-0.4, -0.2) is 32.2 Å². The van der Waals surface area contributed by atoms with Gasteiger partial charge < -0.3 is 19.4 Å². The van der Waals surface area contributed by atoms with E-state index in [0.717, 1.165) is 54.7 Å². The summed E-state index contributed by atoms with van der Waals surface area (Å²) in [6, 6.07) is 12.7. The Morgan fingerprint density at radius 2 is 1.69 bits per heavy atom. The Bertz CT molecular complexity index is 1340. The van der Waals surface area contributed by atoms with Crippen LogP contribution in [0.5, 0.6) is 5.75 Å². The van der Waals surface area contributed by atoms with E-state index in [-0.39, 0.29) is 6.10 Å². The maximum Gasteiger partial charge on any atom is 0.341 e. The molecule has 2 saturated carbocycles. The molecule has 8 heteroatoms. The largest absolute Gasteiger partial charge is 0.491 e. The number of hydrogen-bond acceptors (Lipinski definition) is 8. The Labute approximate surface area is 233 Å². The molecule has 6 rings (SSSR count). The average Bonchev–Trinajstić information content (AvgIpc) is 3.73. The monoisotopic (exact) mass is 548 g/mol. The number of aldehydes is 1. The number of nitrogens with zero attached hydrogens (tertiary/aromatic N) is 2. The number of benzene rings is 2. The van der Waals surface area contributed by atoms with Crippen LogP contribution in [0, 0.1) is 11.8 Å². The van der Waals surface area contributed by atoms with Crippen molar-refractivity contribution in [2.75, 3.05) is 0 Å². The molecular weight excluding hydrogens is 512 g/mol. The molecule has 0 radical (unpaired) electrons. The highest BCUT2D eigenvalue weighted by Crippen LogP contribution is 2.48. The van der Waals surface area contributed by atoms with Crippen molar-refractivity contribution in [1.29, 1.82) is 0 Å². The minimum Gasteiger partial charge on any atom is -0.491 e. The molecule has 1 aliphatic heterocycles. The minimum absolute atomic E-state index is 0.0489. The van der Waals surface area contributed by atoms with Gasteiger partial charge in [0, 0.05) is 17.1 Å². The summed E-state index contributed by atoms with van der Waals surface area (Å²) < 4.78 is 20.0. The normalized spacial score (nSPS) is 21.9. The molecule has 2 aromatic carbocycles. The van der Waals surface area contributed by atoms with Gasteiger partial charge in [-0.1, -0.05) is 44.6 Å². The summed E-state index contributed by atoms with van der Waals surface area (Å²) in [6.45, 7) is 3.92. The van der Waals surface area contributed by atoms with Crippen LogP contribution in [0.25, 0.3) is 16.6 Å². The van der Waals surface area contributed by atoms with E-state index in [1.165, 1.54) is 25.7 Å². The molecule has 7 nitrogen and oxygen atoms in total. The molecule has 0 spiro atoms. The van der Waals surface area contributed by atoms with Gasteiger partial charge in [-0.2, -0.15) is 8.75 Å². The van der Waals surface area contributed by atoms with Crippen LogP contribution in [0.15, 0.2) is 48.0 Å². The van der Waals surface area contributed by atoms with Crippen molar-refractivity contribution in [2.45, 2.75) is 83.5 Å². The van der Waals surface area contributed by atoms with Crippen LogP contribution < -0.4 is 4.74 Å². The Balaban J connectivity index is 0.000000384. The molecule has 1 N–H and O–H groups in total. The van der Waals surface area contributed by atoms with Crippen molar-refractivity contribution >= 4 is 40.6 Å². The first-order valence-corrected chi connectivity index (χ1v) is 14.7. The molecule has 0 bridgehead atoms. The third-order valence-corrected chi connectivity index (χ3v) is 8.43. The second-order valence-electron chi connectivity index (χ2n) is 11.1. The SMILES string of the molecule is CC(C)Oc1ccc(C2(O)OC(=O)C(c3ccc4nsnc4c3)=C2CC2CCCC2)cc1.O=CC1CCCC1. The van der Waals surface area contributed by atoms with E-state index in [4.69, 9.17) is 9.47 Å². The molecule has 39 heavy (non-hydrogen) atoms. The highest BCUT2D eigenvalue weighted by atomic mass is 32.1. The maximum atomic E-state index is 13.1. The predicted molar refractivity (Wildman–Crippen MR) is 151 cm³/mol. The second kappa shape index (κ2) is 12.0. The molecule has 3 aromatic rings. The molecule has 0 saturated heterocycles. The Hall–Kier alpha value is -3.10. The van der Waals surface area contributed by atoms with Crippen molar-refractivity contribution in [3.63, 3.8) is 0 Å². The van der Waals surface area contributed by atoms with Gasteiger partial charge in [0.05, 0.1) is 23.4 Å². The van der Waals surface area contributed by atoms with E-state index in [0.29, 0.717) is 46.3 Å². The van der Waals surface area contributed by atoms with Crippen LogP contribution in [0.3, 0.4) is 0 Å². The summed E-state index contributed by atoms with van der Waals surface area (Å²) in [7, 11) is 0. The summed E-state index contributed by atoms with van der Waals surface area (Å²) in [4.78, 5) is 23.1. The van der Waals surface area contributed by atoms with Gasteiger partial charge in [0.1, 0.15) is 23.1 Å². The molecule has 1 aromatic heterocycles. The van der Waals surface area contributed by atoms with E-state index in [1.54, 1.807) is 24.3 Å². The van der Waals surface area contributed by atoms with Gasteiger partial charge in [0.2, 0.25) is 0 Å². The van der Waals surface area contributed by atoms with Crippen LogP contribution >= 0.6 is 11.7 Å². The van der Waals surface area contributed by atoms with E-state index in [9.17, 15) is 14.7 Å². The number of carbonyl (C=O) groups excluding carboxylic acids is 2. The van der Waals surface area contributed by atoms with E-state index >= 15 is 0 Å². The summed E-state index contributed by atoms with van der Waals surface area (Å²) >= 11 is 1.14. The molecule has 1 atom stereocenters. The number of carbonyl (C=O) groups is 2. The first-order chi connectivity index (χ1) is 18.9. The van der Waals surface area contributed by atoms with Crippen LogP contribution in [-0.2, 0) is 20.1 Å². The third-order valence-electron chi connectivity index (χ3n) is 7.87. The zero-order valence-electron chi connectivity index (χ0n) is 22.6. The van der Waals surface area contributed by atoms with Gasteiger partial charge in [-0.05, 0) is 81.0 Å². The topological polar surface area (TPSA) is 98.6 Å². The lowest BCUT2D eigenvalue weighted by Crippen LogP contribution is -2.29. The Morgan fingerprint density at radius 3 is 2.33 bits per heavy atom. The van der Waals surface area contributed by atoms with Gasteiger partial charge >= 0.3 is 5.97 Å². The Kier molecular flexibility index (Phi) is 8.43.